The molecular weight excluding hydrogens is 617 g/mol. The Kier molecular flexibility index (Phi) is 9.32. The Labute approximate surface area is 270 Å². The number of esters is 1. The summed E-state index contributed by atoms with van der Waals surface area (Å²) in [5, 5.41) is 3.02. The molecule has 1 amide bonds. The minimum absolute atomic E-state index is 0.0454. The number of piperazine rings is 1. The van der Waals surface area contributed by atoms with Crippen molar-refractivity contribution in [2.75, 3.05) is 61.0 Å². The zero-order valence-corrected chi connectivity index (χ0v) is 26.1. The molecule has 6 rings (SSSR count). The lowest BCUT2D eigenvalue weighted by Crippen LogP contribution is -2.46. The molecule has 2 unspecified atom stereocenters. The maximum Gasteiger partial charge on any atom is 0.573 e. The van der Waals surface area contributed by atoms with Crippen LogP contribution in [0.1, 0.15) is 39.0 Å². The number of ether oxygens (including phenoxy) is 2. The molecule has 5 heterocycles. The van der Waals surface area contributed by atoms with E-state index in [1.807, 2.05) is 19.1 Å². The van der Waals surface area contributed by atoms with Crippen molar-refractivity contribution in [2.45, 2.75) is 45.4 Å². The molecule has 3 aromatic rings. The van der Waals surface area contributed by atoms with Gasteiger partial charge in [0.05, 0.1) is 12.5 Å². The number of nitrogens with one attached hydrogen (secondary N) is 1. The van der Waals surface area contributed by atoms with Gasteiger partial charge in [-0.25, -0.2) is 19.9 Å². The van der Waals surface area contributed by atoms with E-state index in [-0.39, 0.29) is 23.1 Å². The van der Waals surface area contributed by atoms with Gasteiger partial charge in [-0.1, -0.05) is 6.42 Å². The molecule has 2 atom stereocenters. The van der Waals surface area contributed by atoms with Gasteiger partial charge in [0.1, 0.15) is 29.0 Å². The van der Waals surface area contributed by atoms with Crippen molar-refractivity contribution in [3.63, 3.8) is 0 Å². The number of pyridine rings is 2. The molecule has 47 heavy (non-hydrogen) atoms. The number of carbonyl (C=O) groups excluding carboxylic acids is 2. The molecule has 1 saturated carbocycles. The first kappa shape index (κ1) is 32.3. The van der Waals surface area contributed by atoms with E-state index in [0.717, 1.165) is 63.0 Å². The van der Waals surface area contributed by atoms with Gasteiger partial charge in [-0.2, -0.15) is 0 Å². The summed E-state index contributed by atoms with van der Waals surface area (Å²) in [5.74, 6) is 1.59. The van der Waals surface area contributed by atoms with E-state index in [1.54, 1.807) is 17.2 Å². The van der Waals surface area contributed by atoms with Gasteiger partial charge in [-0.05, 0) is 56.2 Å². The van der Waals surface area contributed by atoms with Gasteiger partial charge in [0.25, 0.3) is 0 Å². The summed E-state index contributed by atoms with van der Waals surface area (Å²) in [5.41, 5.74) is 0.609. The number of hydrogen-bond acceptors (Lipinski definition) is 11. The van der Waals surface area contributed by atoms with Crippen LogP contribution in [0.15, 0.2) is 42.7 Å². The maximum absolute atomic E-state index is 12.9. The van der Waals surface area contributed by atoms with Crippen LogP contribution in [0.4, 0.5) is 36.4 Å². The summed E-state index contributed by atoms with van der Waals surface area (Å²) in [6, 6.07) is 7.79. The van der Waals surface area contributed by atoms with Crippen LogP contribution in [0.3, 0.4) is 0 Å². The zero-order valence-electron chi connectivity index (χ0n) is 26.1. The summed E-state index contributed by atoms with van der Waals surface area (Å²) >= 11 is 0. The minimum Gasteiger partial charge on any atom is -0.466 e. The number of alkyl halides is 3. The fourth-order valence-corrected chi connectivity index (χ4v) is 6.77. The highest BCUT2D eigenvalue weighted by Crippen LogP contribution is 2.47. The molecule has 1 spiro atoms. The maximum atomic E-state index is 12.9. The van der Waals surface area contributed by atoms with E-state index < -0.39 is 12.1 Å². The molecule has 1 N–H and O–H groups in total. The fraction of sp³-hybridized carbons (Fsp3) is 0.500. The molecule has 0 bridgehead atoms. The number of aromatic nitrogens is 4. The average Bonchev–Trinajstić information content (AvgIpc) is 3.47. The Morgan fingerprint density at radius 1 is 1.02 bits per heavy atom. The Hall–Kier alpha value is -4.69. The Bertz CT molecular complexity index is 1570. The van der Waals surface area contributed by atoms with E-state index in [2.05, 4.69) is 34.8 Å². The van der Waals surface area contributed by atoms with Crippen LogP contribution in [0.5, 0.6) is 5.75 Å². The second-order valence-electron chi connectivity index (χ2n) is 12.2. The van der Waals surface area contributed by atoms with Crippen LogP contribution in [0.2, 0.25) is 0 Å². The SMILES string of the molecule is CCOC(=O)C1CCCC2(CCN(c3cc(Nc4cc(OC(F)(F)F)ccn4)nc(-c4ccc(N5CCN(C=O)CC5)nc4)n3)C2)C1. The summed E-state index contributed by atoms with van der Waals surface area (Å²) in [6.07, 6.45) is 3.36. The summed E-state index contributed by atoms with van der Waals surface area (Å²) in [4.78, 5) is 48.1. The first-order valence-corrected chi connectivity index (χ1v) is 15.8. The van der Waals surface area contributed by atoms with Crippen LogP contribution < -0.4 is 19.9 Å². The summed E-state index contributed by atoms with van der Waals surface area (Å²) < 4.78 is 48.0. The molecule has 12 nitrogen and oxygen atoms in total. The fourth-order valence-electron chi connectivity index (χ4n) is 6.77. The monoisotopic (exact) mass is 654 g/mol. The van der Waals surface area contributed by atoms with Crippen molar-refractivity contribution >= 4 is 35.7 Å². The average molecular weight is 655 g/mol. The van der Waals surface area contributed by atoms with Crippen LogP contribution in [0, 0.1) is 11.3 Å². The number of carbonyl (C=O) groups is 2. The van der Waals surface area contributed by atoms with Gasteiger partial charge in [0, 0.05) is 69.4 Å². The van der Waals surface area contributed by atoms with Gasteiger partial charge in [-0.3, -0.25) is 9.59 Å². The lowest BCUT2D eigenvalue weighted by Gasteiger charge is -2.37. The molecule has 2 saturated heterocycles. The third kappa shape index (κ3) is 7.83. The lowest BCUT2D eigenvalue weighted by molar-refractivity contribution is -0.274. The highest BCUT2D eigenvalue weighted by atomic mass is 19.4. The van der Waals surface area contributed by atoms with Crippen LogP contribution in [0.25, 0.3) is 11.4 Å². The standard InChI is InChI=1S/C32H37F3N8O4/c1-2-46-30(45)22-4-3-8-31(18-22)9-11-43(20-31)28-17-26(38-25-16-24(7-10-36-25)47-32(33,34)35)39-29(40-28)23-5-6-27(37-19-23)42-14-12-41(21-44)13-15-42/h5-7,10,16-17,19,21-22H,2-4,8-9,11-15,18,20H2,1H3,(H,36,38,39,40). The Morgan fingerprint density at radius 3 is 2.57 bits per heavy atom. The van der Waals surface area contributed by atoms with Gasteiger partial charge >= 0.3 is 12.3 Å². The van der Waals surface area contributed by atoms with Crippen LogP contribution >= 0.6 is 0 Å². The number of nitrogens with zero attached hydrogens (tertiary/aromatic N) is 7. The minimum atomic E-state index is -4.84. The van der Waals surface area contributed by atoms with Gasteiger partial charge in [0.15, 0.2) is 5.82 Å². The first-order chi connectivity index (χ1) is 22.6. The number of hydrogen-bond donors (Lipinski definition) is 1. The predicted molar refractivity (Wildman–Crippen MR) is 167 cm³/mol. The van der Waals surface area contributed by atoms with Crippen molar-refractivity contribution in [1.29, 1.82) is 0 Å². The summed E-state index contributed by atoms with van der Waals surface area (Å²) in [7, 11) is 0. The van der Waals surface area contributed by atoms with Crippen LogP contribution in [-0.2, 0) is 14.3 Å². The third-order valence-corrected chi connectivity index (χ3v) is 9.05. The van der Waals surface area contributed by atoms with E-state index in [9.17, 15) is 22.8 Å². The Balaban J connectivity index is 1.27. The number of amides is 1. The number of halogens is 3. The topological polar surface area (TPSA) is 126 Å². The van der Waals surface area contributed by atoms with E-state index in [4.69, 9.17) is 9.72 Å². The summed E-state index contributed by atoms with van der Waals surface area (Å²) in [6.45, 7) is 6.19. The van der Waals surface area contributed by atoms with Gasteiger partial charge in [0.2, 0.25) is 6.41 Å². The second kappa shape index (κ2) is 13.6. The molecule has 1 aliphatic carbocycles. The lowest BCUT2D eigenvalue weighted by atomic mass is 9.69. The van der Waals surface area contributed by atoms with Crippen molar-refractivity contribution in [3.8, 4) is 17.1 Å². The van der Waals surface area contributed by atoms with E-state index in [1.165, 1.54) is 6.20 Å². The highest BCUT2D eigenvalue weighted by Gasteiger charge is 2.44. The molecule has 2 aliphatic heterocycles. The first-order valence-electron chi connectivity index (χ1n) is 15.8. The van der Waals surface area contributed by atoms with Crippen molar-refractivity contribution in [1.82, 2.24) is 24.8 Å². The van der Waals surface area contributed by atoms with Crippen molar-refractivity contribution in [2.24, 2.45) is 11.3 Å². The Morgan fingerprint density at radius 2 is 1.85 bits per heavy atom. The molecule has 0 aromatic carbocycles. The second-order valence-corrected chi connectivity index (χ2v) is 12.2. The zero-order chi connectivity index (χ0) is 33.0. The molecule has 3 aromatic heterocycles. The normalized spacial score (nSPS) is 21.5. The van der Waals surface area contributed by atoms with E-state index in [0.29, 0.717) is 62.4 Å². The molecule has 3 fully saturated rings. The predicted octanol–water partition coefficient (Wildman–Crippen LogP) is 4.80. The highest BCUT2D eigenvalue weighted by molar-refractivity contribution is 5.72. The molecule has 15 heteroatoms. The molecule has 0 radical (unpaired) electrons. The quantitative estimate of drug-likeness (QED) is 0.253. The number of anilines is 4. The van der Waals surface area contributed by atoms with Gasteiger partial charge < -0.3 is 29.5 Å². The molecular formula is C32H37F3N8O4. The largest absolute Gasteiger partial charge is 0.573 e. The van der Waals surface area contributed by atoms with Crippen molar-refractivity contribution in [3.05, 3.63) is 42.7 Å². The molecule has 3 aliphatic rings. The van der Waals surface area contributed by atoms with Gasteiger partial charge in [-0.15, -0.1) is 13.2 Å². The number of rotatable bonds is 9. The smallest absolute Gasteiger partial charge is 0.466 e. The molecule has 250 valence electrons. The van der Waals surface area contributed by atoms with Crippen molar-refractivity contribution < 1.29 is 32.2 Å². The van der Waals surface area contributed by atoms with Crippen LogP contribution in [-0.4, -0.2) is 89.5 Å². The van der Waals surface area contributed by atoms with E-state index >= 15 is 0 Å². The third-order valence-electron chi connectivity index (χ3n) is 9.05.